The number of nitrogens with zero attached hydrogens (tertiary/aromatic N) is 2. The highest BCUT2D eigenvalue weighted by atomic mass is 16.7. The molecule has 0 radical (unpaired) electrons. The Labute approximate surface area is 156 Å². The van der Waals surface area contributed by atoms with Crippen LogP contribution in [0.5, 0.6) is 11.5 Å². The van der Waals surface area contributed by atoms with Gasteiger partial charge in [0.2, 0.25) is 12.7 Å². The zero-order chi connectivity index (χ0) is 18.8. The first-order valence-electron chi connectivity index (χ1n) is 8.46. The molecule has 2 aromatic carbocycles. The summed E-state index contributed by atoms with van der Waals surface area (Å²) < 4.78 is 10.6. The minimum atomic E-state index is -0.253. The van der Waals surface area contributed by atoms with Crippen LogP contribution in [0.25, 0.3) is 0 Å². The Balaban J connectivity index is 1.44. The van der Waals surface area contributed by atoms with Crippen molar-refractivity contribution in [3.8, 4) is 11.5 Å². The lowest BCUT2D eigenvalue weighted by molar-refractivity contribution is 0.102. The highest BCUT2D eigenvalue weighted by Gasteiger charge is 2.14. The number of hydrogen-bond donors (Lipinski definition) is 2. The average molecular weight is 362 g/mol. The predicted molar refractivity (Wildman–Crippen MR) is 102 cm³/mol. The SMILES string of the molecule is Cc1ccc(NC(=O)c2cnc(Nc3ccc4c(c3)OCO4)nc2)c(C)c1. The number of carbonyl (C=O) groups excluding carboxylic acids is 1. The lowest BCUT2D eigenvalue weighted by atomic mass is 10.1. The molecule has 0 atom stereocenters. The molecule has 1 aromatic heterocycles. The number of aryl methyl sites for hydroxylation is 2. The van der Waals surface area contributed by atoms with Gasteiger partial charge in [0.05, 0.1) is 5.56 Å². The Morgan fingerprint density at radius 2 is 1.78 bits per heavy atom. The molecular formula is C20H18N4O3. The molecule has 0 saturated carbocycles. The highest BCUT2D eigenvalue weighted by molar-refractivity contribution is 6.04. The van der Waals surface area contributed by atoms with Gasteiger partial charge in [0.15, 0.2) is 11.5 Å². The molecule has 4 rings (SSSR count). The molecule has 2 N–H and O–H groups in total. The Morgan fingerprint density at radius 1 is 1.00 bits per heavy atom. The van der Waals surface area contributed by atoms with E-state index in [1.807, 2.05) is 50.2 Å². The Kier molecular flexibility index (Phi) is 4.33. The van der Waals surface area contributed by atoms with Gasteiger partial charge < -0.3 is 20.1 Å². The van der Waals surface area contributed by atoms with E-state index in [4.69, 9.17) is 9.47 Å². The number of ether oxygens (including phenoxy) is 2. The van der Waals surface area contributed by atoms with Gasteiger partial charge in [-0.25, -0.2) is 9.97 Å². The van der Waals surface area contributed by atoms with Crippen molar-refractivity contribution < 1.29 is 14.3 Å². The number of hydrogen-bond acceptors (Lipinski definition) is 6. The largest absolute Gasteiger partial charge is 0.454 e. The van der Waals surface area contributed by atoms with Crippen molar-refractivity contribution in [3.63, 3.8) is 0 Å². The van der Waals surface area contributed by atoms with Gasteiger partial charge >= 0.3 is 0 Å². The van der Waals surface area contributed by atoms with E-state index < -0.39 is 0 Å². The molecule has 7 heteroatoms. The van der Waals surface area contributed by atoms with Gasteiger partial charge in [-0.2, -0.15) is 0 Å². The summed E-state index contributed by atoms with van der Waals surface area (Å²) in [7, 11) is 0. The van der Waals surface area contributed by atoms with Crippen LogP contribution >= 0.6 is 0 Å². The van der Waals surface area contributed by atoms with E-state index in [1.54, 1.807) is 0 Å². The first kappa shape index (κ1) is 16.8. The van der Waals surface area contributed by atoms with Crippen LogP contribution in [-0.2, 0) is 0 Å². The van der Waals surface area contributed by atoms with E-state index in [1.165, 1.54) is 12.4 Å². The first-order valence-corrected chi connectivity index (χ1v) is 8.46. The van der Waals surface area contributed by atoms with E-state index in [-0.39, 0.29) is 12.7 Å². The van der Waals surface area contributed by atoms with Crippen molar-refractivity contribution in [3.05, 3.63) is 65.5 Å². The molecule has 2 heterocycles. The summed E-state index contributed by atoms with van der Waals surface area (Å²) in [5.74, 6) is 1.51. The summed E-state index contributed by atoms with van der Waals surface area (Å²) in [4.78, 5) is 20.8. The molecular weight excluding hydrogens is 344 g/mol. The third kappa shape index (κ3) is 3.67. The molecule has 7 nitrogen and oxygen atoms in total. The maximum absolute atomic E-state index is 12.4. The Hall–Kier alpha value is -3.61. The van der Waals surface area contributed by atoms with Crippen molar-refractivity contribution >= 4 is 23.2 Å². The zero-order valence-electron chi connectivity index (χ0n) is 14.9. The normalized spacial score (nSPS) is 11.9. The molecule has 0 fully saturated rings. The van der Waals surface area contributed by atoms with Crippen LogP contribution in [0.3, 0.4) is 0 Å². The van der Waals surface area contributed by atoms with E-state index in [0.717, 1.165) is 22.5 Å². The van der Waals surface area contributed by atoms with E-state index in [2.05, 4.69) is 20.6 Å². The quantitative estimate of drug-likeness (QED) is 0.734. The molecule has 1 aliphatic heterocycles. The van der Waals surface area contributed by atoms with Crippen LogP contribution in [0.15, 0.2) is 48.8 Å². The standard InChI is InChI=1S/C20H18N4O3/c1-12-3-5-16(13(2)7-12)24-19(25)14-9-21-20(22-10-14)23-15-4-6-17-18(8-15)27-11-26-17/h3-10H,11H2,1-2H3,(H,24,25)(H,21,22,23). The fraction of sp³-hybridized carbons (Fsp3) is 0.150. The van der Waals surface area contributed by atoms with Crippen LogP contribution in [0, 0.1) is 13.8 Å². The molecule has 0 aliphatic carbocycles. The number of rotatable bonds is 4. The predicted octanol–water partition coefficient (Wildman–Crippen LogP) is 3.82. The van der Waals surface area contributed by atoms with Crippen molar-refractivity contribution in [2.24, 2.45) is 0 Å². The minimum Gasteiger partial charge on any atom is -0.454 e. The lowest BCUT2D eigenvalue weighted by Gasteiger charge is -2.09. The third-order valence-electron chi connectivity index (χ3n) is 4.17. The second kappa shape index (κ2) is 6.95. The summed E-state index contributed by atoms with van der Waals surface area (Å²) in [5, 5.41) is 5.96. The number of benzene rings is 2. The number of fused-ring (bicyclic) bond motifs is 1. The molecule has 27 heavy (non-hydrogen) atoms. The monoisotopic (exact) mass is 362 g/mol. The summed E-state index contributed by atoms with van der Waals surface area (Å²) in [6.45, 7) is 4.19. The van der Waals surface area contributed by atoms with E-state index in [0.29, 0.717) is 23.0 Å². The van der Waals surface area contributed by atoms with Crippen LogP contribution in [0.4, 0.5) is 17.3 Å². The van der Waals surface area contributed by atoms with E-state index in [9.17, 15) is 4.79 Å². The summed E-state index contributed by atoms with van der Waals surface area (Å²) in [5.41, 5.74) is 4.07. The third-order valence-corrected chi connectivity index (χ3v) is 4.17. The molecule has 0 unspecified atom stereocenters. The van der Waals surface area contributed by atoms with Gasteiger partial charge in [-0.3, -0.25) is 4.79 Å². The van der Waals surface area contributed by atoms with Crippen molar-refractivity contribution in [2.75, 3.05) is 17.4 Å². The van der Waals surface area contributed by atoms with Crippen LogP contribution in [0.2, 0.25) is 0 Å². The number of carbonyl (C=O) groups is 1. The number of nitrogens with one attached hydrogen (secondary N) is 2. The fourth-order valence-electron chi connectivity index (χ4n) is 2.76. The van der Waals surface area contributed by atoms with Gasteiger partial charge in [0, 0.05) is 29.8 Å². The van der Waals surface area contributed by atoms with E-state index >= 15 is 0 Å². The maximum Gasteiger partial charge on any atom is 0.258 e. The number of amides is 1. The molecule has 1 aliphatic rings. The van der Waals surface area contributed by atoms with Crippen molar-refractivity contribution in [2.45, 2.75) is 13.8 Å². The maximum atomic E-state index is 12.4. The lowest BCUT2D eigenvalue weighted by Crippen LogP contribution is -2.14. The molecule has 0 saturated heterocycles. The second-order valence-corrected chi connectivity index (χ2v) is 6.26. The zero-order valence-corrected chi connectivity index (χ0v) is 14.9. The summed E-state index contributed by atoms with van der Waals surface area (Å²) in [6.07, 6.45) is 2.97. The van der Waals surface area contributed by atoms with Gasteiger partial charge in [0.25, 0.3) is 5.91 Å². The Bertz CT molecular complexity index is 1000. The van der Waals surface area contributed by atoms with Crippen molar-refractivity contribution in [1.82, 2.24) is 9.97 Å². The molecule has 0 bridgehead atoms. The van der Waals surface area contributed by atoms with Crippen LogP contribution < -0.4 is 20.1 Å². The molecule has 136 valence electrons. The molecule has 3 aromatic rings. The fourth-order valence-corrected chi connectivity index (χ4v) is 2.76. The minimum absolute atomic E-state index is 0.222. The molecule has 0 spiro atoms. The van der Waals surface area contributed by atoms with Crippen molar-refractivity contribution in [1.29, 1.82) is 0 Å². The van der Waals surface area contributed by atoms with Gasteiger partial charge in [-0.05, 0) is 37.6 Å². The second-order valence-electron chi connectivity index (χ2n) is 6.26. The summed E-state index contributed by atoms with van der Waals surface area (Å²) in [6, 6.07) is 11.3. The number of aromatic nitrogens is 2. The summed E-state index contributed by atoms with van der Waals surface area (Å²) >= 11 is 0. The first-order chi connectivity index (χ1) is 13.1. The van der Waals surface area contributed by atoms with Gasteiger partial charge in [-0.15, -0.1) is 0 Å². The van der Waals surface area contributed by atoms with Crippen LogP contribution in [-0.4, -0.2) is 22.7 Å². The van der Waals surface area contributed by atoms with Gasteiger partial charge in [-0.1, -0.05) is 17.7 Å². The van der Waals surface area contributed by atoms with Gasteiger partial charge in [0.1, 0.15) is 0 Å². The topological polar surface area (TPSA) is 85.4 Å². The number of anilines is 3. The highest BCUT2D eigenvalue weighted by Crippen LogP contribution is 2.34. The average Bonchev–Trinajstić information content (AvgIpc) is 3.12. The smallest absolute Gasteiger partial charge is 0.258 e. The van der Waals surface area contributed by atoms with Crippen LogP contribution in [0.1, 0.15) is 21.5 Å². The molecule has 1 amide bonds. The Morgan fingerprint density at radius 3 is 2.56 bits per heavy atom.